The van der Waals surface area contributed by atoms with Crippen molar-refractivity contribution in [2.45, 2.75) is 57.3 Å². The van der Waals surface area contributed by atoms with Crippen molar-refractivity contribution in [1.82, 2.24) is 0 Å². The largest absolute Gasteiger partial charge is 0.512 e. The van der Waals surface area contributed by atoms with Gasteiger partial charge in [0.2, 0.25) is 0 Å². The van der Waals surface area contributed by atoms with E-state index in [9.17, 15) is 19.8 Å². The van der Waals surface area contributed by atoms with Gasteiger partial charge in [-0.2, -0.15) is 0 Å². The average molecular weight is 437 g/mol. The second-order valence-corrected chi connectivity index (χ2v) is 9.16. The van der Waals surface area contributed by atoms with E-state index < -0.39 is 40.6 Å². The average Bonchev–Trinajstić information content (AvgIpc) is 2.75. The van der Waals surface area contributed by atoms with Crippen LogP contribution in [0.25, 0.3) is 0 Å². The van der Waals surface area contributed by atoms with E-state index in [0.717, 1.165) is 5.57 Å². The summed E-state index contributed by atoms with van der Waals surface area (Å²) in [6.07, 6.45) is 3.28. The number of aliphatic hydroxyl groups is 2. The first-order chi connectivity index (χ1) is 14.7. The molecule has 0 aromatic rings. The number of carbonyl (C=O) groups is 2. The van der Waals surface area contributed by atoms with Crippen LogP contribution in [0.5, 0.6) is 0 Å². The molecule has 8 nitrogen and oxygen atoms in total. The van der Waals surface area contributed by atoms with Crippen LogP contribution in [-0.2, 0) is 28.5 Å². The van der Waals surface area contributed by atoms with Crippen LogP contribution >= 0.6 is 0 Å². The first kappa shape index (κ1) is 22.3. The van der Waals surface area contributed by atoms with E-state index >= 15 is 0 Å². The lowest BCUT2D eigenvalue weighted by molar-refractivity contribution is -0.376. The standard InChI is InChI=1S/C23H32O8/c1-5-30-19(25)15-10-14-11-22(29-4)23(20(26)28-3)16(8-9-31-22)13(2)6-7-18(23)21(14,27)12-17(15)24/h6,14,16,18,24,27H,5,7-12H2,1-4H3/t14-,16+,18+,21-,22+,23-/m0/s1. The van der Waals surface area contributed by atoms with Gasteiger partial charge in [0, 0.05) is 31.8 Å². The Bertz CT molecular complexity index is 847. The van der Waals surface area contributed by atoms with Gasteiger partial charge in [-0.15, -0.1) is 0 Å². The molecule has 8 heteroatoms. The monoisotopic (exact) mass is 436 g/mol. The molecule has 1 aliphatic heterocycles. The van der Waals surface area contributed by atoms with Gasteiger partial charge in [-0.25, -0.2) is 4.79 Å². The molecule has 3 aliphatic carbocycles. The maximum absolute atomic E-state index is 13.5. The van der Waals surface area contributed by atoms with Crippen molar-refractivity contribution in [3.63, 3.8) is 0 Å². The predicted octanol–water partition coefficient (Wildman–Crippen LogP) is 2.41. The normalized spacial score (nSPS) is 41.6. The second-order valence-electron chi connectivity index (χ2n) is 9.16. The van der Waals surface area contributed by atoms with E-state index in [1.54, 1.807) is 6.92 Å². The maximum atomic E-state index is 13.5. The van der Waals surface area contributed by atoms with E-state index in [0.29, 0.717) is 19.4 Å². The molecule has 1 heterocycles. The van der Waals surface area contributed by atoms with Gasteiger partial charge in [0.05, 0.1) is 31.5 Å². The fraction of sp³-hybridized carbons (Fsp3) is 0.739. The molecule has 1 saturated heterocycles. The van der Waals surface area contributed by atoms with Gasteiger partial charge >= 0.3 is 11.9 Å². The third-order valence-corrected chi connectivity index (χ3v) is 8.15. The van der Waals surface area contributed by atoms with Crippen LogP contribution in [0.2, 0.25) is 0 Å². The number of carbonyl (C=O) groups excluding carboxylic acids is 2. The van der Waals surface area contributed by atoms with E-state index in [2.05, 4.69) is 6.08 Å². The smallest absolute Gasteiger partial charge is 0.337 e. The van der Waals surface area contributed by atoms with Crippen LogP contribution in [-0.4, -0.2) is 61.0 Å². The molecule has 2 fully saturated rings. The highest BCUT2D eigenvalue weighted by Crippen LogP contribution is 2.68. The Hall–Kier alpha value is -1.90. The van der Waals surface area contributed by atoms with Gasteiger partial charge in [0.15, 0.2) is 5.79 Å². The first-order valence-corrected chi connectivity index (χ1v) is 11.0. The van der Waals surface area contributed by atoms with E-state index in [4.69, 9.17) is 18.9 Å². The summed E-state index contributed by atoms with van der Waals surface area (Å²) in [6, 6.07) is 0. The maximum Gasteiger partial charge on any atom is 0.337 e. The SMILES string of the molecule is CCOC(=O)C1=C(O)C[C@]2(O)[C@@H](C1)C[C@@]1(OC)OCC[C@@H]3C(C)=CC[C@H]2[C@]31C(=O)OC. The highest BCUT2D eigenvalue weighted by molar-refractivity contribution is 5.89. The molecule has 0 spiro atoms. The number of hydrogen-bond acceptors (Lipinski definition) is 8. The molecule has 31 heavy (non-hydrogen) atoms. The van der Waals surface area contributed by atoms with Crippen LogP contribution in [0.3, 0.4) is 0 Å². The van der Waals surface area contributed by atoms with Crippen LogP contribution in [0.4, 0.5) is 0 Å². The Balaban J connectivity index is 1.90. The van der Waals surface area contributed by atoms with Gasteiger partial charge in [-0.3, -0.25) is 4.79 Å². The number of methoxy groups -OCH3 is 2. The van der Waals surface area contributed by atoms with Crippen molar-refractivity contribution in [3.8, 4) is 0 Å². The van der Waals surface area contributed by atoms with Crippen LogP contribution in [0.15, 0.2) is 23.0 Å². The topological polar surface area (TPSA) is 112 Å². The number of esters is 2. The minimum absolute atomic E-state index is 0.122. The number of ether oxygens (including phenoxy) is 4. The molecule has 0 aromatic carbocycles. The van der Waals surface area contributed by atoms with Gasteiger partial charge in [0.25, 0.3) is 0 Å². The van der Waals surface area contributed by atoms with Crippen LogP contribution < -0.4 is 0 Å². The summed E-state index contributed by atoms with van der Waals surface area (Å²) in [5, 5.41) is 22.8. The molecule has 2 N–H and O–H groups in total. The molecule has 0 aromatic heterocycles. The summed E-state index contributed by atoms with van der Waals surface area (Å²) in [5.74, 6) is -3.81. The lowest BCUT2D eigenvalue weighted by atomic mass is 9.42. The molecular weight excluding hydrogens is 404 g/mol. The minimum atomic E-state index is -1.42. The van der Waals surface area contributed by atoms with Gasteiger partial charge < -0.3 is 29.2 Å². The Morgan fingerprint density at radius 3 is 2.71 bits per heavy atom. The zero-order chi connectivity index (χ0) is 22.6. The van der Waals surface area contributed by atoms with Crippen molar-refractivity contribution in [1.29, 1.82) is 0 Å². The molecule has 4 rings (SSSR count). The van der Waals surface area contributed by atoms with Crippen molar-refractivity contribution in [2.24, 2.45) is 23.2 Å². The number of allylic oxidation sites excluding steroid dienone is 2. The first-order valence-electron chi connectivity index (χ1n) is 11.0. The molecule has 0 radical (unpaired) electrons. The summed E-state index contributed by atoms with van der Waals surface area (Å²) in [6.45, 7) is 4.29. The predicted molar refractivity (Wildman–Crippen MR) is 109 cm³/mol. The molecule has 1 saturated carbocycles. The Labute approximate surface area is 182 Å². The van der Waals surface area contributed by atoms with Crippen molar-refractivity contribution >= 4 is 11.9 Å². The van der Waals surface area contributed by atoms with Crippen molar-refractivity contribution in [3.05, 3.63) is 23.0 Å². The lowest BCUT2D eigenvalue weighted by Crippen LogP contribution is -2.76. The summed E-state index contributed by atoms with van der Waals surface area (Å²) < 4.78 is 22.7. The fourth-order valence-electron chi connectivity index (χ4n) is 6.89. The molecular formula is C23H32O8. The van der Waals surface area contributed by atoms with Crippen molar-refractivity contribution in [2.75, 3.05) is 27.4 Å². The van der Waals surface area contributed by atoms with Gasteiger partial charge in [-0.05, 0) is 39.0 Å². The zero-order valence-electron chi connectivity index (χ0n) is 18.6. The summed E-state index contributed by atoms with van der Waals surface area (Å²) in [7, 11) is 2.86. The quantitative estimate of drug-likeness (QED) is 0.511. The summed E-state index contributed by atoms with van der Waals surface area (Å²) in [4.78, 5) is 26.0. The van der Waals surface area contributed by atoms with E-state index in [-0.39, 0.29) is 43.1 Å². The second kappa shape index (κ2) is 7.60. The molecule has 0 amide bonds. The summed E-state index contributed by atoms with van der Waals surface area (Å²) in [5.41, 5.74) is -1.45. The van der Waals surface area contributed by atoms with E-state index in [1.807, 2.05) is 6.92 Å². The third kappa shape index (κ3) is 2.77. The Morgan fingerprint density at radius 1 is 1.32 bits per heavy atom. The molecule has 6 atom stereocenters. The zero-order valence-corrected chi connectivity index (χ0v) is 18.6. The highest BCUT2D eigenvalue weighted by atomic mass is 16.7. The third-order valence-electron chi connectivity index (χ3n) is 8.15. The van der Waals surface area contributed by atoms with Crippen LogP contribution in [0.1, 0.15) is 46.0 Å². The number of rotatable bonds is 4. The molecule has 4 aliphatic rings. The van der Waals surface area contributed by atoms with Crippen molar-refractivity contribution < 1.29 is 38.7 Å². The summed E-state index contributed by atoms with van der Waals surface area (Å²) >= 11 is 0. The minimum Gasteiger partial charge on any atom is -0.512 e. The number of hydrogen-bond donors (Lipinski definition) is 2. The van der Waals surface area contributed by atoms with Gasteiger partial charge in [0.1, 0.15) is 11.2 Å². The molecule has 0 unspecified atom stereocenters. The Morgan fingerprint density at radius 2 is 2.06 bits per heavy atom. The lowest BCUT2D eigenvalue weighted by Gasteiger charge is -2.67. The highest BCUT2D eigenvalue weighted by Gasteiger charge is 2.77. The Kier molecular flexibility index (Phi) is 5.47. The molecule has 0 bridgehead atoms. The number of aliphatic hydroxyl groups excluding tert-OH is 1. The van der Waals surface area contributed by atoms with Crippen LogP contribution in [0, 0.1) is 23.2 Å². The molecule has 172 valence electrons. The number of fused-ring (bicyclic) bond motifs is 2. The fourth-order valence-corrected chi connectivity index (χ4v) is 6.89. The van der Waals surface area contributed by atoms with Gasteiger partial charge in [-0.1, -0.05) is 11.6 Å². The van der Waals surface area contributed by atoms with E-state index in [1.165, 1.54) is 14.2 Å².